The number of aliphatic hydroxyl groups excluding tert-OH is 1. The third-order valence-electron chi connectivity index (χ3n) is 5.53. The van der Waals surface area contributed by atoms with Crippen molar-refractivity contribution in [2.45, 2.75) is 25.9 Å². The number of carbonyl (C=O) groups excluding carboxylic acids is 1. The molecule has 6 heteroatoms. The van der Waals surface area contributed by atoms with Crippen LogP contribution in [-0.2, 0) is 4.74 Å². The van der Waals surface area contributed by atoms with E-state index in [0.29, 0.717) is 19.0 Å². The first-order valence-electron chi connectivity index (χ1n) is 10.1. The zero-order valence-corrected chi connectivity index (χ0v) is 16.6. The molecule has 2 saturated heterocycles. The lowest BCUT2D eigenvalue weighted by atomic mass is 10.0. The molecule has 0 spiro atoms. The van der Waals surface area contributed by atoms with E-state index in [1.807, 2.05) is 17.0 Å². The molecule has 1 aromatic rings. The Labute approximate surface area is 162 Å². The average molecular weight is 376 g/mol. The molecular weight excluding hydrogens is 342 g/mol. The van der Waals surface area contributed by atoms with Crippen LogP contribution in [0.25, 0.3) is 0 Å². The smallest absolute Gasteiger partial charge is 0.253 e. The van der Waals surface area contributed by atoms with E-state index in [4.69, 9.17) is 4.74 Å². The Morgan fingerprint density at radius 2 is 1.52 bits per heavy atom. The van der Waals surface area contributed by atoms with Crippen LogP contribution >= 0.6 is 0 Å². The number of piperazine rings is 1. The molecule has 3 rings (SSSR count). The van der Waals surface area contributed by atoms with Gasteiger partial charge in [0.05, 0.1) is 19.3 Å². The largest absolute Gasteiger partial charge is 0.390 e. The second-order valence-electron chi connectivity index (χ2n) is 7.94. The number of ether oxygens (including phenoxy) is 1. The van der Waals surface area contributed by atoms with Crippen molar-refractivity contribution in [2.24, 2.45) is 0 Å². The highest BCUT2D eigenvalue weighted by Crippen LogP contribution is 2.16. The average Bonchev–Trinajstić information content (AvgIpc) is 2.69. The van der Waals surface area contributed by atoms with E-state index in [9.17, 15) is 9.90 Å². The summed E-state index contributed by atoms with van der Waals surface area (Å²) in [4.78, 5) is 19.2. The van der Waals surface area contributed by atoms with Crippen LogP contribution in [0, 0.1) is 0 Å². The highest BCUT2D eigenvalue weighted by atomic mass is 16.5. The van der Waals surface area contributed by atoms with E-state index in [1.54, 1.807) is 0 Å². The van der Waals surface area contributed by atoms with Crippen LogP contribution in [0.1, 0.15) is 35.7 Å². The van der Waals surface area contributed by atoms with Crippen molar-refractivity contribution < 1.29 is 14.6 Å². The molecule has 2 aliphatic rings. The summed E-state index contributed by atoms with van der Waals surface area (Å²) >= 11 is 0. The Morgan fingerprint density at radius 1 is 0.963 bits per heavy atom. The molecule has 0 saturated carbocycles. The van der Waals surface area contributed by atoms with Gasteiger partial charge in [-0.25, -0.2) is 0 Å². The van der Waals surface area contributed by atoms with E-state index in [-0.39, 0.29) is 12.0 Å². The summed E-state index contributed by atoms with van der Waals surface area (Å²) in [5.74, 6) is 0.584. The van der Waals surface area contributed by atoms with Crippen LogP contribution in [0.4, 0.5) is 0 Å². The number of benzene rings is 1. The fourth-order valence-corrected chi connectivity index (χ4v) is 3.76. The molecule has 2 heterocycles. The molecule has 27 heavy (non-hydrogen) atoms. The van der Waals surface area contributed by atoms with Gasteiger partial charge in [0.2, 0.25) is 0 Å². The molecule has 2 fully saturated rings. The Morgan fingerprint density at radius 3 is 2.07 bits per heavy atom. The van der Waals surface area contributed by atoms with Gasteiger partial charge in [0, 0.05) is 57.9 Å². The summed E-state index contributed by atoms with van der Waals surface area (Å²) in [7, 11) is 0. The van der Waals surface area contributed by atoms with Crippen LogP contribution in [0.15, 0.2) is 24.3 Å². The third-order valence-corrected chi connectivity index (χ3v) is 5.53. The predicted octanol–water partition coefficient (Wildman–Crippen LogP) is 1.26. The SMILES string of the molecule is CC(C)c1ccc(C(=O)N2CCN(C[C@H](O)CN3CCOCC3)CC2)cc1. The van der Waals surface area contributed by atoms with Gasteiger partial charge in [0.15, 0.2) is 0 Å². The van der Waals surface area contributed by atoms with Gasteiger partial charge in [-0.2, -0.15) is 0 Å². The van der Waals surface area contributed by atoms with Crippen molar-refractivity contribution in [3.8, 4) is 0 Å². The van der Waals surface area contributed by atoms with Crippen molar-refractivity contribution in [3.05, 3.63) is 35.4 Å². The Bertz CT molecular complexity index is 591. The number of hydrogen-bond acceptors (Lipinski definition) is 5. The number of morpholine rings is 1. The Balaban J connectivity index is 1.43. The van der Waals surface area contributed by atoms with Crippen LogP contribution in [0.3, 0.4) is 0 Å². The lowest BCUT2D eigenvalue weighted by Gasteiger charge is -2.36. The summed E-state index contributed by atoms with van der Waals surface area (Å²) in [6, 6.07) is 7.98. The fourth-order valence-electron chi connectivity index (χ4n) is 3.76. The highest BCUT2D eigenvalue weighted by Gasteiger charge is 2.24. The first-order chi connectivity index (χ1) is 13.0. The summed E-state index contributed by atoms with van der Waals surface area (Å²) in [6.07, 6.45) is -0.353. The third kappa shape index (κ3) is 5.75. The quantitative estimate of drug-likeness (QED) is 0.811. The van der Waals surface area contributed by atoms with Crippen molar-refractivity contribution in [2.75, 3.05) is 65.6 Å². The summed E-state index contributed by atoms with van der Waals surface area (Å²) < 4.78 is 5.35. The molecule has 1 atom stereocenters. The first kappa shape index (κ1) is 20.3. The molecule has 150 valence electrons. The number of nitrogens with zero attached hydrogens (tertiary/aromatic N) is 3. The molecule has 0 radical (unpaired) electrons. The van der Waals surface area contributed by atoms with Crippen molar-refractivity contribution >= 4 is 5.91 Å². The van der Waals surface area contributed by atoms with Gasteiger partial charge < -0.3 is 14.7 Å². The van der Waals surface area contributed by atoms with E-state index in [1.165, 1.54) is 5.56 Å². The molecule has 1 amide bonds. The maximum atomic E-state index is 12.7. The highest BCUT2D eigenvalue weighted by molar-refractivity contribution is 5.94. The number of aliphatic hydroxyl groups is 1. The lowest BCUT2D eigenvalue weighted by molar-refractivity contribution is 0.00292. The normalized spacial score (nSPS) is 20.8. The molecule has 1 N–H and O–H groups in total. The van der Waals surface area contributed by atoms with Gasteiger partial charge in [-0.3, -0.25) is 14.6 Å². The zero-order valence-electron chi connectivity index (χ0n) is 16.6. The maximum absolute atomic E-state index is 12.7. The number of β-amino-alcohol motifs (C(OH)–C–C–N with tert-alkyl or cyclic N) is 1. The molecule has 6 nitrogen and oxygen atoms in total. The molecule has 2 aliphatic heterocycles. The van der Waals surface area contributed by atoms with Gasteiger partial charge in [-0.1, -0.05) is 26.0 Å². The van der Waals surface area contributed by atoms with Crippen molar-refractivity contribution in [1.29, 1.82) is 0 Å². The van der Waals surface area contributed by atoms with Crippen LogP contribution in [0.5, 0.6) is 0 Å². The van der Waals surface area contributed by atoms with E-state index in [2.05, 4.69) is 35.8 Å². The summed E-state index contributed by atoms with van der Waals surface area (Å²) in [6.45, 7) is 12.1. The second-order valence-corrected chi connectivity index (χ2v) is 7.94. The Hall–Kier alpha value is -1.47. The number of rotatable bonds is 6. The number of hydrogen-bond donors (Lipinski definition) is 1. The summed E-state index contributed by atoms with van der Waals surface area (Å²) in [5.41, 5.74) is 2.02. The van der Waals surface area contributed by atoms with Gasteiger partial charge in [-0.05, 0) is 23.6 Å². The van der Waals surface area contributed by atoms with Crippen LogP contribution in [-0.4, -0.2) is 97.4 Å². The van der Waals surface area contributed by atoms with Crippen molar-refractivity contribution in [3.63, 3.8) is 0 Å². The monoisotopic (exact) mass is 375 g/mol. The van der Waals surface area contributed by atoms with Crippen LogP contribution < -0.4 is 0 Å². The van der Waals surface area contributed by atoms with E-state index >= 15 is 0 Å². The van der Waals surface area contributed by atoms with Crippen LogP contribution in [0.2, 0.25) is 0 Å². The van der Waals surface area contributed by atoms with Gasteiger partial charge in [-0.15, -0.1) is 0 Å². The number of amides is 1. The van der Waals surface area contributed by atoms with Gasteiger partial charge in [0.1, 0.15) is 0 Å². The minimum absolute atomic E-state index is 0.110. The first-order valence-corrected chi connectivity index (χ1v) is 10.1. The maximum Gasteiger partial charge on any atom is 0.253 e. The minimum atomic E-state index is -0.353. The van der Waals surface area contributed by atoms with E-state index in [0.717, 1.165) is 58.0 Å². The predicted molar refractivity (Wildman–Crippen MR) is 106 cm³/mol. The standard InChI is InChI=1S/C21H33N3O3/c1-17(2)18-3-5-19(6-4-18)21(26)24-9-7-22(8-10-24)15-20(25)16-23-11-13-27-14-12-23/h3-6,17,20,25H,7-16H2,1-2H3/t20-/m0/s1. The van der Waals surface area contributed by atoms with Crippen molar-refractivity contribution in [1.82, 2.24) is 14.7 Å². The Kier molecular flexibility index (Phi) is 7.24. The minimum Gasteiger partial charge on any atom is -0.390 e. The molecule has 0 aliphatic carbocycles. The fraction of sp³-hybridized carbons (Fsp3) is 0.667. The van der Waals surface area contributed by atoms with E-state index < -0.39 is 0 Å². The second kappa shape index (κ2) is 9.64. The molecule has 0 aromatic heterocycles. The van der Waals surface area contributed by atoms with Gasteiger partial charge >= 0.3 is 0 Å². The van der Waals surface area contributed by atoms with Gasteiger partial charge in [0.25, 0.3) is 5.91 Å². The molecule has 1 aromatic carbocycles. The molecular formula is C21H33N3O3. The topological polar surface area (TPSA) is 56.2 Å². The summed E-state index contributed by atoms with van der Waals surface area (Å²) in [5, 5.41) is 10.4. The molecule has 0 unspecified atom stereocenters. The zero-order chi connectivity index (χ0) is 19.2. The molecule has 0 bridgehead atoms. The lowest BCUT2D eigenvalue weighted by Crippen LogP contribution is -2.52. The number of carbonyl (C=O) groups is 1.